The van der Waals surface area contributed by atoms with Gasteiger partial charge in [0.1, 0.15) is 0 Å². The molecular formula is C12H24N2O2. The molecule has 0 aromatic carbocycles. The number of rotatable bonds is 4. The number of nitrogens with two attached hydrogens (primary N) is 1. The third-order valence-corrected chi connectivity index (χ3v) is 2.82. The van der Waals surface area contributed by atoms with Gasteiger partial charge in [0.15, 0.2) is 0 Å². The Morgan fingerprint density at radius 3 is 2.50 bits per heavy atom. The van der Waals surface area contributed by atoms with E-state index < -0.39 is 0 Å². The summed E-state index contributed by atoms with van der Waals surface area (Å²) in [7, 11) is 0. The standard InChI is InChI=1S/C12H24N2O2/c1-9(13)5-4-6-12(15)14-7-10(2)16-11(3)8-14/h9-11H,4-8,13H2,1-3H3. The van der Waals surface area contributed by atoms with Crippen LogP contribution in [0.15, 0.2) is 0 Å². The zero-order valence-corrected chi connectivity index (χ0v) is 10.6. The van der Waals surface area contributed by atoms with E-state index in [0.717, 1.165) is 25.9 Å². The molecule has 1 heterocycles. The summed E-state index contributed by atoms with van der Waals surface area (Å²) in [5.74, 6) is 0.239. The summed E-state index contributed by atoms with van der Waals surface area (Å²) in [6.45, 7) is 7.45. The molecular weight excluding hydrogens is 204 g/mol. The average Bonchev–Trinajstić information content (AvgIpc) is 2.15. The lowest BCUT2D eigenvalue weighted by Gasteiger charge is -2.35. The van der Waals surface area contributed by atoms with Crippen LogP contribution in [0.3, 0.4) is 0 Å². The smallest absolute Gasteiger partial charge is 0.222 e. The van der Waals surface area contributed by atoms with Crippen LogP contribution in [0.5, 0.6) is 0 Å². The van der Waals surface area contributed by atoms with E-state index in [1.54, 1.807) is 0 Å². The highest BCUT2D eigenvalue weighted by molar-refractivity contribution is 5.76. The van der Waals surface area contributed by atoms with E-state index in [1.165, 1.54) is 0 Å². The number of ether oxygens (including phenoxy) is 1. The molecule has 1 amide bonds. The average molecular weight is 228 g/mol. The lowest BCUT2D eigenvalue weighted by atomic mass is 10.1. The highest BCUT2D eigenvalue weighted by Crippen LogP contribution is 2.12. The Bertz CT molecular complexity index is 221. The molecule has 94 valence electrons. The largest absolute Gasteiger partial charge is 0.372 e. The molecule has 0 bridgehead atoms. The molecule has 1 aliphatic heterocycles. The molecule has 0 radical (unpaired) electrons. The molecule has 16 heavy (non-hydrogen) atoms. The van der Waals surface area contributed by atoms with Crippen LogP contribution in [0.1, 0.15) is 40.0 Å². The van der Waals surface area contributed by atoms with Crippen LogP contribution in [0, 0.1) is 0 Å². The van der Waals surface area contributed by atoms with Crippen LogP contribution in [0.25, 0.3) is 0 Å². The molecule has 3 unspecified atom stereocenters. The maximum absolute atomic E-state index is 11.9. The Morgan fingerprint density at radius 2 is 2.00 bits per heavy atom. The highest BCUT2D eigenvalue weighted by atomic mass is 16.5. The number of morpholine rings is 1. The van der Waals surface area contributed by atoms with Crippen molar-refractivity contribution < 1.29 is 9.53 Å². The molecule has 4 heteroatoms. The molecule has 3 atom stereocenters. The van der Waals surface area contributed by atoms with Crippen LogP contribution < -0.4 is 5.73 Å². The Kier molecular flexibility index (Phi) is 5.22. The third kappa shape index (κ3) is 4.49. The zero-order chi connectivity index (χ0) is 12.1. The Morgan fingerprint density at radius 1 is 1.44 bits per heavy atom. The normalized spacial score (nSPS) is 27.9. The molecule has 4 nitrogen and oxygen atoms in total. The van der Waals surface area contributed by atoms with E-state index in [4.69, 9.17) is 10.5 Å². The summed E-state index contributed by atoms with van der Waals surface area (Å²) in [6, 6.07) is 0.190. The van der Waals surface area contributed by atoms with Gasteiger partial charge in [0, 0.05) is 25.6 Å². The molecule has 2 N–H and O–H groups in total. The van der Waals surface area contributed by atoms with Crippen molar-refractivity contribution in [3.63, 3.8) is 0 Å². The minimum atomic E-state index is 0.154. The molecule has 1 rings (SSSR count). The van der Waals surface area contributed by atoms with Gasteiger partial charge in [-0.05, 0) is 33.6 Å². The first kappa shape index (κ1) is 13.5. The summed E-state index contributed by atoms with van der Waals surface area (Å²) in [6.07, 6.45) is 2.72. The second kappa shape index (κ2) is 6.21. The van der Waals surface area contributed by atoms with Crippen molar-refractivity contribution in [2.24, 2.45) is 5.73 Å². The van der Waals surface area contributed by atoms with Gasteiger partial charge in [0.25, 0.3) is 0 Å². The summed E-state index contributed by atoms with van der Waals surface area (Å²) in [5, 5.41) is 0. The topological polar surface area (TPSA) is 55.6 Å². The predicted molar refractivity (Wildman–Crippen MR) is 64.1 cm³/mol. The van der Waals surface area contributed by atoms with Crippen molar-refractivity contribution in [1.29, 1.82) is 0 Å². The van der Waals surface area contributed by atoms with Crippen LogP contribution in [-0.4, -0.2) is 42.1 Å². The van der Waals surface area contributed by atoms with E-state index >= 15 is 0 Å². The minimum Gasteiger partial charge on any atom is -0.372 e. The number of nitrogens with zero attached hydrogens (tertiary/aromatic N) is 1. The lowest BCUT2D eigenvalue weighted by molar-refractivity contribution is -0.143. The van der Waals surface area contributed by atoms with Gasteiger partial charge in [-0.3, -0.25) is 4.79 Å². The molecule has 0 saturated carbocycles. The Labute approximate surface area is 98.1 Å². The van der Waals surface area contributed by atoms with Crippen LogP contribution in [0.2, 0.25) is 0 Å². The maximum atomic E-state index is 11.9. The fourth-order valence-corrected chi connectivity index (χ4v) is 2.11. The SMILES string of the molecule is CC(N)CCCC(=O)N1CC(C)OC(C)C1. The molecule has 0 aromatic rings. The zero-order valence-electron chi connectivity index (χ0n) is 10.6. The first-order valence-corrected chi connectivity index (χ1v) is 6.18. The van der Waals surface area contributed by atoms with E-state index in [2.05, 4.69) is 0 Å². The number of carbonyl (C=O) groups is 1. The van der Waals surface area contributed by atoms with Crippen LogP contribution in [-0.2, 0) is 9.53 Å². The minimum absolute atomic E-state index is 0.154. The Balaban J connectivity index is 2.30. The summed E-state index contributed by atoms with van der Waals surface area (Å²) >= 11 is 0. The molecule has 1 saturated heterocycles. The quantitative estimate of drug-likeness (QED) is 0.785. The number of amides is 1. The first-order chi connectivity index (χ1) is 7.49. The number of hydrogen-bond acceptors (Lipinski definition) is 3. The van der Waals surface area contributed by atoms with Crippen LogP contribution >= 0.6 is 0 Å². The number of carbonyl (C=O) groups excluding carboxylic acids is 1. The maximum Gasteiger partial charge on any atom is 0.222 e. The van der Waals surface area contributed by atoms with Crippen molar-refractivity contribution in [2.45, 2.75) is 58.3 Å². The van der Waals surface area contributed by atoms with Gasteiger partial charge < -0.3 is 15.4 Å². The second-order valence-electron chi connectivity index (χ2n) is 4.93. The first-order valence-electron chi connectivity index (χ1n) is 6.18. The van der Waals surface area contributed by atoms with E-state index in [0.29, 0.717) is 6.42 Å². The second-order valence-corrected chi connectivity index (χ2v) is 4.93. The lowest BCUT2D eigenvalue weighted by Crippen LogP contribution is -2.48. The highest BCUT2D eigenvalue weighted by Gasteiger charge is 2.25. The molecule has 1 aliphatic rings. The van der Waals surface area contributed by atoms with E-state index in [9.17, 15) is 4.79 Å². The molecule has 0 spiro atoms. The number of hydrogen-bond donors (Lipinski definition) is 1. The summed E-state index contributed by atoms with van der Waals surface area (Å²) in [5.41, 5.74) is 5.66. The van der Waals surface area contributed by atoms with Gasteiger partial charge in [-0.15, -0.1) is 0 Å². The monoisotopic (exact) mass is 228 g/mol. The predicted octanol–water partition coefficient (Wildman–Crippen LogP) is 1.14. The van der Waals surface area contributed by atoms with Gasteiger partial charge >= 0.3 is 0 Å². The van der Waals surface area contributed by atoms with Crippen molar-refractivity contribution in [2.75, 3.05) is 13.1 Å². The fraction of sp³-hybridized carbons (Fsp3) is 0.917. The van der Waals surface area contributed by atoms with Gasteiger partial charge in [-0.25, -0.2) is 0 Å². The summed E-state index contributed by atoms with van der Waals surface area (Å²) in [4.78, 5) is 13.8. The van der Waals surface area contributed by atoms with Gasteiger partial charge in [-0.2, -0.15) is 0 Å². The van der Waals surface area contributed by atoms with Crippen molar-refractivity contribution in [3.05, 3.63) is 0 Å². The van der Waals surface area contributed by atoms with Gasteiger partial charge in [0.2, 0.25) is 5.91 Å². The molecule has 0 aromatic heterocycles. The van der Waals surface area contributed by atoms with Gasteiger partial charge in [0.05, 0.1) is 12.2 Å². The van der Waals surface area contributed by atoms with E-state index in [1.807, 2.05) is 25.7 Å². The van der Waals surface area contributed by atoms with Crippen molar-refractivity contribution in [1.82, 2.24) is 4.90 Å². The summed E-state index contributed by atoms with van der Waals surface area (Å²) < 4.78 is 5.60. The molecule has 0 aliphatic carbocycles. The molecule has 1 fully saturated rings. The van der Waals surface area contributed by atoms with Gasteiger partial charge in [-0.1, -0.05) is 0 Å². The fourth-order valence-electron chi connectivity index (χ4n) is 2.11. The van der Waals surface area contributed by atoms with Crippen LogP contribution in [0.4, 0.5) is 0 Å². The third-order valence-electron chi connectivity index (χ3n) is 2.82. The van der Waals surface area contributed by atoms with Crippen molar-refractivity contribution in [3.8, 4) is 0 Å². The van der Waals surface area contributed by atoms with Crippen molar-refractivity contribution >= 4 is 5.91 Å². The Hall–Kier alpha value is -0.610. The van der Waals surface area contributed by atoms with E-state index in [-0.39, 0.29) is 24.2 Å².